The second kappa shape index (κ2) is 6.69. The van der Waals surface area contributed by atoms with E-state index in [1.807, 2.05) is 36.4 Å². The van der Waals surface area contributed by atoms with Gasteiger partial charge in [-0.05, 0) is 35.9 Å². The highest BCUT2D eigenvalue weighted by Crippen LogP contribution is 2.29. The number of ether oxygens (including phenoxy) is 1. The van der Waals surface area contributed by atoms with Crippen LogP contribution in [0.25, 0.3) is 22.2 Å². The van der Waals surface area contributed by atoms with Gasteiger partial charge in [-0.3, -0.25) is 10.1 Å². The minimum atomic E-state index is 0.629. The zero-order valence-corrected chi connectivity index (χ0v) is 14.2. The molecule has 0 unspecified atom stereocenters. The highest BCUT2D eigenvalue weighted by Gasteiger charge is 2.13. The Morgan fingerprint density at radius 2 is 1.96 bits per heavy atom. The van der Waals surface area contributed by atoms with Gasteiger partial charge in [0.25, 0.3) is 0 Å². The number of rotatable bonds is 4. The SMILES string of the molecule is COc1cccc(Cc2[nH]nc3ccnc(-c4ccc(C#N)cc4)c23)c1. The maximum atomic E-state index is 9.00. The fourth-order valence-corrected chi connectivity index (χ4v) is 3.06. The lowest BCUT2D eigenvalue weighted by atomic mass is 10.0. The first-order valence-electron chi connectivity index (χ1n) is 8.24. The maximum absolute atomic E-state index is 9.00. The first-order chi connectivity index (χ1) is 12.8. The van der Waals surface area contributed by atoms with Crippen LogP contribution in [0.5, 0.6) is 5.75 Å². The van der Waals surface area contributed by atoms with Crippen LogP contribution in [0.4, 0.5) is 0 Å². The van der Waals surface area contributed by atoms with Gasteiger partial charge in [0.2, 0.25) is 0 Å². The summed E-state index contributed by atoms with van der Waals surface area (Å²) in [6.45, 7) is 0. The number of H-pyrrole nitrogens is 1. The van der Waals surface area contributed by atoms with E-state index in [0.717, 1.165) is 39.2 Å². The molecule has 0 atom stereocenters. The van der Waals surface area contributed by atoms with E-state index in [2.05, 4.69) is 27.3 Å². The molecule has 0 radical (unpaired) electrons. The van der Waals surface area contributed by atoms with Crippen molar-refractivity contribution >= 4 is 10.9 Å². The van der Waals surface area contributed by atoms with Crippen LogP contribution in [0, 0.1) is 11.3 Å². The number of hydrogen-bond donors (Lipinski definition) is 1. The molecule has 4 aromatic rings. The average molecular weight is 340 g/mol. The molecule has 126 valence electrons. The van der Waals surface area contributed by atoms with Crippen LogP contribution < -0.4 is 4.74 Å². The van der Waals surface area contributed by atoms with Gasteiger partial charge in [-0.1, -0.05) is 24.3 Å². The molecule has 0 spiro atoms. The molecule has 2 aromatic carbocycles. The molecule has 2 aromatic heterocycles. The molecule has 4 rings (SSSR count). The van der Waals surface area contributed by atoms with Gasteiger partial charge in [-0.2, -0.15) is 10.4 Å². The number of nitrogens with zero attached hydrogens (tertiary/aromatic N) is 3. The normalized spacial score (nSPS) is 10.6. The van der Waals surface area contributed by atoms with Crippen molar-refractivity contribution in [1.82, 2.24) is 15.2 Å². The lowest BCUT2D eigenvalue weighted by Crippen LogP contribution is -1.93. The summed E-state index contributed by atoms with van der Waals surface area (Å²) in [4.78, 5) is 4.57. The summed E-state index contributed by atoms with van der Waals surface area (Å²) >= 11 is 0. The van der Waals surface area contributed by atoms with Crippen molar-refractivity contribution in [2.45, 2.75) is 6.42 Å². The number of nitrogens with one attached hydrogen (secondary N) is 1. The standard InChI is InChI=1S/C21H16N4O/c1-26-17-4-2-3-15(11-17)12-19-20-18(24-25-19)9-10-23-21(20)16-7-5-14(13-22)6-8-16/h2-11H,12H2,1H3,(H,24,25). The van der Waals surface area contributed by atoms with Gasteiger partial charge in [0, 0.05) is 29.3 Å². The average Bonchev–Trinajstić information content (AvgIpc) is 3.11. The van der Waals surface area contributed by atoms with Gasteiger partial charge in [0.1, 0.15) is 5.75 Å². The molecule has 26 heavy (non-hydrogen) atoms. The summed E-state index contributed by atoms with van der Waals surface area (Å²) in [6.07, 6.45) is 2.45. The van der Waals surface area contributed by atoms with Crippen molar-refractivity contribution < 1.29 is 4.74 Å². The lowest BCUT2D eigenvalue weighted by Gasteiger charge is -2.06. The number of nitriles is 1. The van der Waals surface area contributed by atoms with Crippen molar-refractivity contribution in [3.05, 3.63) is 77.6 Å². The summed E-state index contributed by atoms with van der Waals surface area (Å²) < 4.78 is 5.31. The van der Waals surface area contributed by atoms with Gasteiger partial charge in [-0.15, -0.1) is 0 Å². The summed E-state index contributed by atoms with van der Waals surface area (Å²) in [7, 11) is 1.66. The van der Waals surface area contributed by atoms with Crippen LogP contribution in [0.1, 0.15) is 16.8 Å². The Kier molecular flexibility index (Phi) is 4.08. The number of fused-ring (bicyclic) bond motifs is 1. The Morgan fingerprint density at radius 3 is 2.73 bits per heavy atom. The fourth-order valence-electron chi connectivity index (χ4n) is 3.06. The number of benzene rings is 2. The molecule has 0 saturated heterocycles. The smallest absolute Gasteiger partial charge is 0.119 e. The van der Waals surface area contributed by atoms with Crippen molar-refractivity contribution in [3.8, 4) is 23.1 Å². The van der Waals surface area contributed by atoms with Crippen LogP contribution in [0.2, 0.25) is 0 Å². The topological polar surface area (TPSA) is 74.6 Å². The maximum Gasteiger partial charge on any atom is 0.119 e. The first kappa shape index (κ1) is 15.9. The predicted octanol–water partition coefficient (Wildman–Crippen LogP) is 4.10. The Morgan fingerprint density at radius 1 is 1.12 bits per heavy atom. The fraction of sp³-hybridized carbons (Fsp3) is 0.0952. The Hall–Kier alpha value is -3.65. The number of methoxy groups -OCH3 is 1. The molecule has 0 saturated carbocycles. The second-order valence-electron chi connectivity index (χ2n) is 5.97. The third-order valence-electron chi connectivity index (χ3n) is 4.34. The van der Waals surface area contributed by atoms with E-state index in [-0.39, 0.29) is 0 Å². The summed E-state index contributed by atoms with van der Waals surface area (Å²) in [6, 6.07) is 19.5. The van der Waals surface area contributed by atoms with Crippen molar-refractivity contribution in [3.63, 3.8) is 0 Å². The number of hydrogen-bond acceptors (Lipinski definition) is 4. The molecular weight excluding hydrogens is 324 g/mol. The molecular formula is C21H16N4O. The lowest BCUT2D eigenvalue weighted by molar-refractivity contribution is 0.414. The Bertz CT molecular complexity index is 1110. The first-order valence-corrected chi connectivity index (χ1v) is 8.24. The third kappa shape index (κ3) is 2.89. The van der Waals surface area contributed by atoms with Gasteiger partial charge < -0.3 is 4.74 Å². The molecule has 1 N–H and O–H groups in total. The van der Waals surface area contributed by atoms with Gasteiger partial charge in [-0.25, -0.2) is 0 Å². The van der Waals surface area contributed by atoms with E-state index in [9.17, 15) is 0 Å². The van der Waals surface area contributed by atoms with Crippen LogP contribution in [0.15, 0.2) is 60.8 Å². The molecule has 0 aliphatic rings. The monoisotopic (exact) mass is 340 g/mol. The highest BCUT2D eigenvalue weighted by atomic mass is 16.5. The number of aromatic nitrogens is 3. The predicted molar refractivity (Wildman–Crippen MR) is 99.8 cm³/mol. The zero-order valence-electron chi connectivity index (χ0n) is 14.2. The zero-order chi connectivity index (χ0) is 17.9. The minimum Gasteiger partial charge on any atom is -0.497 e. The molecule has 0 bridgehead atoms. The quantitative estimate of drug-likeness (QED) is 0.607. The van der Waals surface area contributed by atoms with Gasteiger partial charge in [0.05, 0.1) is 30.0 Å². The van der Waals surface area contributed by atoms with E-state index in [0.29, 0.717) is 12.0 Å². The van der Waals surface area contributed by atoms with Crippen molar-refractivity contribution in [2.24, 2.45) is 0 Å². The molecule has 0 aliphatic heterocycles. The molecule has 0 fully saturated rings. The van der Waals surface area contributed by atoms with E-state index in [4.69, 9.17) is 10.00 Å². The van der Waals surface area contributed by atoms with E-state index in [1.54, 1.807) is 25.4 Å². The molecule has 0 amide bonds. The number of pyridine rings is 1. The Balaban J connectivity index is 1.80. The third-order valence-corrected chi connectivity index (χ3v) is 4.34. The molecule has 0 aliphatic carbocycles. The Labute approximate surface area is 150 Å². The molecule has 5 nitrogen and oxygen atoms in total. The van der Waals surface area contributed by atoms with Crippen LogP contribution in [-0.2, 0) is 6.42 Å². The number of aromatic amines is 1. The van der Waals surface area contributed by atoms with Crippen molar-refractivity contribution in [1.29, 1.82) is 5.26 Å². The molecule has 2 heterocycles. The largest absolute Gasteiger partial charge is 0.497 e. The van der Waals surface area contributed by atoms with Gasteiger partial charge in [0.15, 0.2) is 0 Å². The van der Waals surface area contributed by atoms with E-state index >= 15 is 0 Å². The summed E-state index contributed by atoms with van der Waals surface area (Å²) in [5.74, 6) is 0.830. The van der Waals surface area contributed by atoms with Crippen LogP contribution >= 0.6 is 0 Å². The van der Waals surface area contributed by atoms with Crippen molar-refractivity contribution in [2.75, 3.05) is 7.11 Å². The van der Waals surface area contributed by atoms with E-state index < -0.39 is 0 Å². The summed E-state index contributed by atoms with van der Waals surface area (Å²) in [5.41, 5.74) is 5.45. The second-order valence-corrected chi connectivity index (χ2v) is 5.97. The van der Waals surface area contributed by atoms with E-state index in [1.165, 1.54) is 0 Å². The summed E-state index contributed by atoms with van der Waals surface area (Å²) in [5, 5.41) is 17.6. The molecule has 5 heteroatoms. The van der Waals surface area contributed by atoms with Crippen LogP contribution in [-0.4, -0.2) is 22.3 Å². The van der Waals surface area contributed by atoms with Crippen LogP contribution in [0.3, 0.4) is 0 Å². The minimum absolute atomic E-state index is 0.629. The highest BCUT2D eigenvalue weighted by molar-refractivity contribution is 5.94. The van der Waals surface area contributed by atoms with Gasteiger partial charge >= 0.3 is 0 Å².